The van der Waals surface area contributed by atoms with Gasteiger partial charge in [-0.3, -0.25) is 9.59 Å². The van der Waals surface area contributed by atoms with Gasteiger partial charge in [-0.15, -0.1) is 0 Å². The molecule has 1 aliphatic rings. The van der Waals surface area contributed by atoms with E-state index in [9.17, 15) is 14.4 Å². The lowest BCUT2D eigenvalue weighted by Gasteiger charge is -2.25. The number of rotatable bonds is 6. The van der Waals surface area contributed by atoms with Gasteiger partial charge in [0.1, 0.15) is 6.61 Å². The van der Waals surface area contributed by atoms with E-state index in [1.54, 1.807) is 29.2 Å². The fourth-order valence-electron chi connectivity index (χ4n) is 2.01. The number of hydrogen-bond donors (Lipinski definition) is 2. The zero-order valence-corrected chi connectivity index (χ0v) is 12.6. The van der Waals surface area contributed by atoms with Gasteiger partial charge < -0.3 is 25.0 Å². The average molecular weight is 321 g/mol. The molecule has 1 aliphatic heterocycles. The van der Waals surface area contributed by atoms with E-state index in [0.29, 0.717) is 38.4 Å². The predicted octanol–water partition coefficient (Wildman–Crippen LogP) is 0.340. The van der Waals surface area contributed by atoms with Crippen LogP contribution in [0.15, 0.2) is 24.3 Å². The largest absolute Gasteiger partial charge is 0.445 e. The molecule has 1 fully saturated rings. The van der Waals surface area contributed by atoms with Crippen LogP contribution >= 0.6 is 0 Å². The van der Waals surface area contributed by atoms with Gasteiger partial charge in [0.2, 0.25) is 12.3 Å². The molecule has 1 aromatic carbocycles. The number of carbonyl (C=O) groups excluding carboxylic acids is 3. The third kappa shape index (κ3) is 5.59. The summed E-state index contributed by atoms with van der Waals surface area (Å²) >= 11 is 0. The molecular weight excluding hydrogens is 302 g/mol. The first kappa shape index (κ1) is 16.8. The van der Waals surface area contributed by atoms with Gasteiger partial charge in [-0.05, 0) is 17.7 Å². The predicted molar refractivity (Wildman–Crippen MR) is 81.7 cm³/mol. The van der Waals surface area contributed by atoms with Crippen LogP contribution in [-0.2, 0) is 25.7 Å². The highest BCUT2D eigenvalue weighted by atomic mass is 16.6. The maximum atomic E-state index is 11.8. The van der Waals surface area contributed by atoms with E-state index >= 15 is 0 Å². The van der Waals surface area contributed by atoms with Crippen molar-refractivity contribution >= 4 is 24.1 Å². The number of carbonyl (C=O) groups is 3. The van der Waals surface area contributed by atoms with Crippen molar-refractivity contribution in [3.05, 3.63) is 29.8 Å². The van der Waals surface area contributed by atoms with E-state index in [-0.39, 0.29) is 25.2 Å². The third-order valence-corrected chi connectivity index (χ3v) is 3.22. The smallest absolute Gasteiger partial charge is 0.410 e. The first-order valence-corrected chi connectivity index (χ1v) is 7.24. The topological polar surface area (TPSA) is 97.0 Å². The quantitative estimate of drug-likeness (QED) is 0.737. The van der Waals surface area contributed by atoms with Crippen LogP contribution < -0.4 is 10.6 Å². The van der Waals surface area contributed by atoms with E-state index < -0.39 is 0 Å². The van der Waals surface area contributed by atoms with Crippen LogP contribution in [0.2, 0.25) is 0 Å². The third-order valence-electron chi connectivity index (χ3n) is 3.22. The maximum absolute atomic E-state index is 11.8. The summed E-state index contributed by atoms with van der Waals surface area (Å²) in [6.45, 7) is 2.22. The molecule has 0 unspecified atom stereocenters. The molecule has 1 aromatic rings. The highest BCUT2D eigenvalue weighted by Crippen LogP contribution is 2.11. The van der Waals surface area contributed by atoms with E-state index in [1.807, 2.05) is 0 Å². The molecule has 1 heterocycles. The molecule has 8 heteroatoms. The molecule has 0 spiro atoms. The maximum Gasteiger partial charge on any atom is 0.410 e. The van der Waals surface area contributed by atoms with Crippen molar-refractivity contribution in [3.63, 3.8) is 0 Å². The summed E-state index contributed by atoms with van der Waals surface area (Å²) in [4.78, 5) is 35.0. The standard InChI is InChI=1S/C15H19N3O5/c19-11-16-9-14(20)17-13-3-1-12(2-4-13)10-23-15(21)18-5-7-22-8-6-18/h1-4,11H,5-10H2,(H,16,19)(H,17,20). The Labute approximate surface area is 133 Å². The number of morpholine rings is 1. The molecule has 0 radical (unpaired) electrons. The van der Waals surface area contributed by atoms with Crippen LogP contribution in [0.5, 0.6) is 0 Å². The molecule has 0 aromatic heterocycles. The zero-order valence-electron chi connectivity index (χ0n) is 12.6. The van der Waals surface area contributed by atoms with Crippen LogP contribution in [0.3, 0.4) is 0 Å². The van der Waals surface area contributed by atoms with Crippen molar-refractivity contribution in [2.24, 2.45) is 0 Å². The van der Waals surface area contributed by atoms with Gasteiger partial charge in [-0.2, -0.15) is 0 Å². The van der Waals surface area contributed by atoms with E-state index in [1.165, 1.54) is 0 Å². The van der Waals surface area contributed by atoms with Gasteiger partial charge in [0, 0.05) is 18.8 Å². The Morgan fingerprint density at radius 1 is 1.22 bits per heavy atom. The van der Waals surface area contributed by atoms with Crippen LogP contribution in [0.25, 0.3) is 0 Å². The lowest BCUT2D eigenvalue weighted by Crippen LogP contribution is -2.40. The number of amides is 3. The summed E-state index contributed by atoms with van der Waals surface area (Å²) in [5.41, 5.74) is 1.42. The van der Waals surface area contributed by atoms with E-state index in [2.05, 4.69) is 10.6 Å². The van der Waals surface area contributed by atoms with Crippen molar-refractivity contribution in [1.82, 2.24) is 10.2 Å². The monoisotopic (exact) mass is 321 g/mol. The Bertz CT molecular complexity index is 541. The highest BCUT2D eigenvalue weighted by Gasteiger charge is 2.17. The number of nitrogens with zero attached hydrogens (tertiary/aromatic N) is 1. The van der Waals surface area contributed by atoms with Gasteiger partial charge in [-0.25, -0.2) is 4.79 Å². The summed E-state index contributed by atoms with van der Waals surface area (Å²) in [5.74, 6) is -0.316. The lowest BCUT2D eigenvalue weighted by molar-refractivity contribution is -0.118. The van der Waals surface area contributed by atoms with Gasteiger partial charge in [0.25, 0.3) is 0 Å². The normalized spacial score (nSPS) is 14.0. The van der Waals surface area contributed by atoms with Crippen LogP contribution in [0.4, 0.5) is 10.5 Å². The van der Waals surface area contributed by atoms with Gasteiger partial charge in [0.05, 0.1) is 19.8 Å². The second kappa shape index (κ2) is 8.74. The molecular formula is C15H19N3O5. The second-order valence-corrected chi connectivity index (χ2v) is 4.90. The number of anilines is 1. The number of nitrogens with one attached hydrogen (secondary N) is 2. The Balaban J connectivity index is 1.77. The Kier molecular flexibility index (Phi) is 6.37. The van der Waals surface area contributed by atoms with Gasteiger partial charge in [0.15, 0.2) is 0 Å². The minimum absolute atomic E-state index is 0.0809. The Morgan fingerprint density at radius 2 is 1.91 bits per heavy atom. The van der Waals surface area contributed by atoms with Crippen molar-refractivity contribution in [1.29, 1.82) is 0 Å². The molecule has 0 bridgehead atoms. The summed E-state index contributed by atoms with van der Waals surface area (Å²) in [6, 6.07) is 6.93. The van der Waals surface area contributed by atoms with Crippen LogP contribution in [-0.4, -0.2) is 56.2 Å². The average Bonchev–Trinajstić information content (AvgIpc) is 2.60. The summed E-state index contributed by atoms with van der Waals surface area (Å²) in [7, 11) is 0. The molecule has 2 N–H and O–H groups in total. The molecule has 23 heavy (non-hydrogen) atoms. The Morgan fingerprint density at radius 3 is 2.57 bits per heavy atom. The van der Waals surface area contributed by atoms with Crippen LogP contribution in [0.1, 0.15) is 5.56 Å². The zero-order chi connectivity index (χ0) is 16.5. The molecule has 0 atom stereocenters. The van der Waals surface area contributed by atoms with Crippen molar-refractivity contribution < 1.29 is 23.9 Å². The van der Waals surface area contributed by atoms with Crippen molar-refractivity contribution in [2.45, 2.75) is 6.61 Å². The summed E-state index contributed by atoms with van der Waals surface area (Å²) in [5, 5.41) is 4.91. The van der Waals surface area contributed by atoms with Crippen molar-refractivity contribution in [3.8, 4) is 0 Å². The molecule has 1 saturated heterocycles. The second-order valence-electron chi connectivity index (χ2n) is 4.90. The van der Waals surface area contributed by atoms with Crippen molar-refractivity contribution in [2.75, 3.05) is 38.2 Å². The first-order chi connectivity index (χ1) is 11.2. The first-order valence-electron chi connectivity index (χ1n) is 7.24. The molecule has 8 nitrogen and oxygen atoms in total. The molecule has 0 saturated carbocycles. The molecule has 124 valence electrons. The molecule has 3 amide bonds. The fourth-order valence-corrected chi connectivity index (χ4v) is 2.01. The van der Waals surface area contributed by atoms with Gasteiger partial charge in [-0.1, -0.05) is 12.1 Å². The minimum atomic E-state index is -0.356. The van der Waals surface area contributed by atoms with E-state index in [4.69, 9.17) is 9.47 Å². The van der Waals surface area contributed by atoms with Gasteiger partial charge >= 0.3 is 6.09 Å². The number of ether oxygens (including phenoxy) is 2. The summed E-state index contributed by atoms with van der Waals surface area (Å²) in [6.07, 6.45) is 0.108. The molecule has 0 aliphatic carbocycles. The number of benzene rings is 1. The summed E-state index contributed by atoms with van der Waals surface area (Å²) < 4.78 is 10.4. The lowest BCUT2D eigenvalue weighted by atomic mass is 10.2. The fraction of sp³-hybridized carbons (Fsp3) is 0.400. The SMILES string of the molecule is O=CNCC(=O)Nc1ccc(COC(=O)N2CCOCC2)cc1. The highest BCUT2D eigenvalue weighted by molar-refractivity contribution is 5.93. The molecule has 2 rings (SSSR count). The Hall–Kier alpha value is -2.61. The minimum Gasteiger partial charge on any atom is -0.445 e. The van der Waals surface area contributed by atoms with E-state index in [0.717, 1.165) is 5.56 Å². The number of hydrogen-bond acceptors (Lipinski definition) is 5. The van der Waals surface area contributed by atoms with Crippen LogP contribution in [0, 0.1) is 0 Å².